The molecule has 0 aromatic heterocycles. The summed E-state index contributed by atoms with van der Waals surface area (Å²) in [6, 6.07) is 6.55. The summed E-state index contributed by atoms with van der Waals surface area (Å²) in [5.41, 5.74) is 0.907. The van der Waals surface area contributed by atoms with Gasteiger partial charge in [0.25, 0.3) is 5.91 Å². The van der Waals surface area contributed by atoms with Gasteiger partial charge in [0.1, 0.15) is 0 Å². The number of hydrogen-bond acceptors (Lipinski definition) is 4. The molecule has 118 valence electrons. The van der Waals surface area contributed by atoms with Gasteiger partial charge < -0.3 is 10.1 Å². The van der Waals surface area contributed by atoms with Crippen molar-refractivity contribution < 1.29 is 17.9 Å². The lowest BCUT2D eigenvalue weighted by Gasteiger charge is -2.19. The summed E-state index contributed by atoms with van der Waals surface area (Å²) < 4.78 is 29.8. The molecule has 0 heterocycles. The Balaban J connectivity index is 2.79. The predicted octanol–water partition coefficient (Wildman–Crippen LogP) is 1.24. The number of nitrogens with zero attached hydrogens (tertiary/aromatic N) is 1. The van der Waals surface area contributed by atoms with E-state index in [1.807, 2.05) is 0 Å². The lowest BCUT2D eigenvalue weighted by Crippen LogP contribution is -2.29. The van der Waals surface area contributed by atoms with E-state index < -0.39 is 10.0 Å². The van der Waals surface area contributed by atoms with Gasteiger partial charge in [0.2, 0.25) is 10.0 Å². The molecule has 0 unspecified atom stereocenters. The molecule has 0 saturated carbocycles. The predicted molar refractivity (Wildman–Crippen MR) is 83.1 cm³/mol. The van der Waals surface area contributed by atoms with Gasteiger partial charge in [0.05, 0.1) is 11.4 Å². The highest BCUT2D eigenvalue weighted by atomic mass is 32.2. The molecule has 1 aromatic carbocycles. The molecule has 0 atom stereocenters. The third kappa shape index (κ3) is 5.02. The smallest absolute Gasteiger partial charge is 0.251 e. The van der Waals surface area contributed by atoms with E-state index in [9.17, 15) is 13.2 Å². The van der Waals surface area contributed by atoms with E-state index in [0.29, 0.717) is 24.4 Å². The number of rotatable bonds is 8. The van der Waals surface area contributed by atoms with Crippen LogP contribution in [0.2, 0.25) is 0 Å². The number of sulfonamides is 1. The fourth-order valence-electron chi connectivity index (χ4n) is 1.72. The molecular formula is C14H22N2O4S. The minimum Gasteiger partial charge on any atom is -0.385 e. The van der Waals surface area contributed by atoms with Crippen LogP contribution in [-0.2, 0) is 14.8 Å². The summed E-state index contributed by atoms with van der Waals surface area (Å²) >= 11 is 0. The van der Waals surface area contributed by atoms with E-state index in [0.717, 1.165) is 6.42 Å². The van der Waals surface area contributed by atoms with Crippen molar-refractivity contribution in [1.29, 1.82) is 0 Å². The van der Waals surface area contributed by atoms with Crippen LogP contribution in [0.15, 0.2) is 24.3 Å². The third-order valence-electron chi connectivity index (χ3n) is 3.06. The largest absolute Gasteiger partial charge is 0.385 e. The molecule has 0 saturated heterocycles. The van der Waals surface area contributed by atoms with Crippen molar-refractivity contribution in [1.82, 2.24) is 5.32 Å². The van der Waals surface area contributed by atoms with E-state index in [1.165, 1.54) is 11.4 Å². The Morgan fingerprint density at radius 1 is 1.38 bits per heavy atom. The van der Waals surface area contributed by atoms with Crippen LogP contribution in [0.3, 0.4) is 0 Å². The first kappa shape index (κ1) is 17.5. The number of hydrogen-bond donors (Lipinski definition) is 1. The van der Waals surface area contributed by atoms with Crippen LogP contribution in [0.25, 0.3) is 0 Å². The number of methoxy groups -OCH3 is 1. The zero-order valence-corrected chi connectivity index (χ0v) is 13.4. The first-order chi connectivity index (χ1) is 9.92. The first-order valence-electron chi connectivity index (χ1n) is 6.76. The zero-order chi connectivity index (χ0) is 15.9. The summed E-state index contributed by atoms with van der Waals surface area (Å²) in [6.07, 6.45) is 0.728. The lowest BCUT2D eigenvalue weighted by molar-refractivity contribution is 0.0948. The van der Waals surface area contributed by atoms with Gasteiger partial charge >= 0.3 is 0 Å². The van der Waals surface area contributed by atoms with Crippen LogP contribution in [0.4, 0.5) is 5.69 Å². The SMILES string of the molecule is CCS(=O)(=O)N(C)c1cccc(C(=O)NCCCOC)c1. The van der Waals surface area contributed by atoms with Crippen LogP contribution in [0, 0.1) is 0 Å². The molecule has 21 heavy (non-hydrogen) atoms. The molecule has 1 aromatic rings. The van der Waals surface area contributed by atoms with E-state index in [2.05, 4.69) is 5.32 Å². The van der Waals surface area contributed by atoms with Crippen LogP contribution in [0.1, 0.15) is 23.7 Å². The average Bonchev–Trinajstić information content (AvgIpc) is 2.50. The van der Waals surface area contributed by atoms with Crippen LogP contribution in [0.5, 0.6) is 0 Å². The molecular weight excluding hydrogens is 292 g/mol. The van der Waals surface area contributed by atoms with Gasteiger partial charge in [-0.15, -0.1) is 0 Å². The molecule has 0 aliphatic heterocycles. The van der Waals surface area contributed by atoms with E-state index in [1.54, 1.807) is 38.3 Å². The standard InChI is InChI=1S/C14H22N2O4S/c1-4-21(18,19)16(2)13-8-5-7-12(11-13)14(17)15-9-6-10-20-3/h5,7-8,11H,4,6,9-10H2,1-3H3,(H,15,17). The second kappa shape index (κ2) is 7.99. The summed E-state index contributed by atoms with van der Waals surface area (Å²) in [6.45, 7) is 2.68. The molecule has 0 aliphatic carbocycles. The third-order valence-corrected chi connectivity index (χ3v) is 4.84. The number of anilines is 1. The van der Waals surface area contributed by atoms with Gasteiger partial charge in [-0.05, 0) is 31.5 Å². The van der Waals surface area contributed by atoms with Gasteiger partial charge in [0.15, 0.2) is 0 Å². The maximum absolute atomic E-state index is 12.0. The van der Waals surface area contributed by atoms with Crippen LogP contribution >= 0.6 is 0 Å². The quantitative estimate of drug-likeness (QED) is 0.733. The molecule has 0 spiro atoms. The fraction of sp³-hybridized carbons (Fsp3) is 0.500. The minimum absolute atomic E-state index is 0.0109. The second-order valence-corrected chi connectivity index (χ2v) is 6.81. The highest BCUT2D eigenvalue weighted by molar-refractivity contribution is 7.92. The van der Waals surface area contributed by atoms with E-state index in [-0.39, 0.29) is 11.7 Å². The maximum Gasteiger partial charge on any atom is 0.251 e. The van der Waals surface area contributed by atoms with Gasteiger partial charge in [-0.1, -0.05) is 6.07 Å². The number of carbonyl (C=O) groups is 1. The molecule has 0 bridgehead atoms. The molecule has 0 fully saturated rings. The van der Waals surface area contributed by atoms with Crippen molar-refractivity contribution >= 4 is 21.6 Å². The number of benzene rings is 1. The van der Waals surface area contributed by atoms with Crippen molar-refractivity contribution in [2.24, 2.45) is 0 Å². The van der Waals surface area contributed by atoms with Crippen LogP contribution < -0.4 is 9.62 Å². The molecule has 1 N–H and O–H groups in total. The molecule has 6 nitrogen and oxygen atoms in total. The summed E-state index contributed by atoms with van der Waals surface area (Å²) in [4.78, 5) is 12.0. The van der Waals surface area contributed by atoms with Gasteiger partial charge in [0, 0.05) is 32.9 Å². The van der Waals surface area contributed by atoms with Crippen molar-refractivity contribution in [3.8, 4) is 0 Å². The Morgan fingerprint density at radius 2 is 2.10 bits per heavy atom. The Bertz CT molecular complexity index is 572. The normalized spacial score (nSPS) is 11.2. The lowest BCUT2D eigenvalue weighted by atomic mass is 10.2. The number of amides is 1. The van der Waals surface area contributed by atoms with Gasteiger partial charge in [-0.2, -0.15) is 0 Å². The maximum atomic E-state index is 12.0. The number of nitrogens with one attached hydrogen (secondary N) is 1. The molecule has 1 rings (SSSR count). The van der Waals surface area contributed by atoms with Crippen LogP contribution in [-0.4, -0.2) is 47.4 Å². The summed E-state index contributed by atoms with van der Waals surface area (Å²) in [5, 5.41) is 2.77. The Morgan fingerprint density at radius 3 is 2.71 bits per heavy atom. The molecule has 1 amide bonds. The fourth-order valence-corrected chi connectivity index (χ4v) is 2.54. The summed E-state index contributed by atoms with van der Waals surface area (Å²) in [7, 11) is -0.246. The van der Waals surface area contributed by atoms with Crippen molar-refractivity contribution in [3.05, 3.63) is 29.8 Å². The Kier molecular flexibility index (Phi) is 6.64. The summed E-state index contributed by atoms with van der Waals surface area (Å²) in [5.74, 6) is -0.216. The number of ether oxygens (including phenoxy) is 1. The Hall–Kier alpha value is -1.60. The molecule has 0 radical (unpaired) electrons. The van der Waals surface area contributed by atoms with Crippen molar-refractivity contribution in [3.63, 3.8) is 0 Å². The Labute approximate surface area is 126 Å². The monoisotopic (exact) mass is 314 g/mol. The van der Waals surface area contributed by atoms with Crippen molar-refractivity contribution in [2.75, 3.05) is 37.4 Å². The highest BCUT2D eigenvalue weighted by Crippen LogP contribution is 2.18. The van der Waals surface area contributed by atoms with E-state index >= 15 is 0 Å². The zero-order valence-electron chi connectivity index (χ0n) is 12.6. The first-order valence-corrected chi connectivity index (χ1v) is 8.37. The molecule has 7 heteroatoms. The average molecular weight is 314 g/mol. The minimum atomic E-state index is -3.33. The topological polar surface area (TPSA) is 75.7 Å². The number of carbonyl (C=O) groups excluding carboxylic acids is 1. The van der Waals surface area contributed by atoms with Crippen molar-refractivity contribution in [2.45, 2.75) is 13.3 Å². The molecule has 0 aliphatic rings. The second-order valence-electron chi connectivity index (χ2n) is 4.52. The van der Waals surface area contributed by atoms with E-state index in [4.69, 9.17) is 4.74 Å². The van der Waals surface area contributed by atoms with Gasteiger partial charge in [-0.25, -0.2) is 8.42 Å². The highest BCUT2D eigenvalue weighted by Gasteiger charge is 2.16. The van der Waals surface area contributed by atoms with Gasteiger partial charge in [-0.3, -0.25) is 9.10 Å².